The van der Waals surface area contributed by atoms with Gasteiger partial charge in [0.1, 0.15) is 5.75 Å². The van der Waals surface area contributed by atoms with Gasteiger partial charge >= 0.3 is 0 Å². The van der Waals surface area contributed by atoms with Gasteiger partial charge in [0.05, 0.1) is 24.8 Å². The first-order valence-electron chi connectivity index (χ1n) is 10.6. The molecule has 1 aromatic heterocycles. The number of amides is 2. The van der Waals surface area contributed by atoms with E-state index in [1.165, 1.54) is 17.7 Å². The van der Waals surface area contributed by atoms with Gasteiger partial charge in [0, 0.05) is 11.4 Å². The summed E-state index contributed by atoms with van der Waals surface area (Å²) in [5, 5.41) is 7.78. The van der Waals surface area contributed by atoms with Crippen molar-refractivity contribution < 1.29 is 14.3 Å². The molecule has 1 aromatic carbocycles. The van der Waals surface area contributed by atoms with Gasteiger partial charge in [0.25, 0.3) is 5.91 Å². The normalized spacial score (nSPS) is 16.1. The van der Waals surface area contributed by atoms with Gasteiger partial charge < -0.3 is 15.4 Å². The molecule has 1 aliphatic rings. The zero-order valence-electron chi connectivity index (χ0n) is 17.7. The molecule has 6 nitrogen and oxygen atoms in total. The van der Waals surface area contributed by atoms with Gasteiger partial charge in [-0.3, -0.25) is 14.5 Å². The first-order chi connectivity index (χ1) is 14.6. The minimum Gasteiger partial charge on any atom is -0.493 e. The zero-order chi connectivity index (χ0) is 21.3. The van der Waals surface area contributed by atoms with Gasteiger partial charge in [-0.05, 0) is 62.4 Å². The number of carbonyl (C=O) groups excluding carboxylic acids is 2. The Morgan fingerprint density at radius 3 is 2.63 bits per heavy atom. The molecule has 2 amide bonds. The van der Waals surface area contributed by atoms with Gasteiger partial charge in [0.15, 0.2) is 0 Å². The molecular weight excluding hydrogens is 398 g/mol. The highest BCUT2D eigenvalue weighted by Crippen LogP contribution is 2.29. The van der Waals surface area contributed by atoms with Crippen LogP contribution in [0.4, 0.5) is 0 Å². The van der Waals surface area contributed by atoms with E-state index in [0.717, 1.165) is 19.0 Å². The molecule has 1 saturated heterocycles. The summed E-state index contributed by atoms with van der Waals surface area (Å²) in [6.45, 7) is 7.21. The van der Waals surface area contributed by atoms with Gasteiger partial charge in [-0.15, -0.1) is 11.3 Å². The zero-order valence-corrected chi connectivity index (χ0v) is 18.5. The van der Waals surface area contributed by atoms with Crippen LogP contribution >= 0.6 is 11.3 Å². The molecule has 0 radical (unpaired) electrons. The largest absolute Gasteiger partial charge is 0.493 e. The van der Waals surface area contributed by atoms with Crippen LogP contribution in [0.5, 0.6) is 5.75 Å². The Kier molecular flexibility index (Phi) is 8.28. The lowest BCUT2D eigenvalue weighted by Crippen LogP contribution is -2.44. The minimum atomic E-state index is -0.311. The topological polar surface area (TPSA) is 70.7 Å². The molecule has 162 valence electrons. The molecule has 0 saturated carbocycles. The Bertz CT molecular complexity index is 817. The van der Waals surface area contributed by atoms with Gasteiger partial charge in [-0.25, -0.2) is 0 Å². The lowest BCUT2D eigenvalue weighted by molar-refractivity contribution is -0.120. The van der Waals surface area contributed by atoms with Crippen molar-refractivity contribution in [2.45, 2.75) is 32.7 Å². The van der Waals surface area contributed by atoms with Crippen LogP contribution in [0, 0.1) is 5.92 Å². The van der Waals surface area contributed by atoms with E-state index in [2.05, 4.69) is 40.0 Å². The van der Waals surface area contributed by atoms with Gasteiger partial charge in [-0.1, -0.05) is 25.1 Å². The highest BCUT2D eigenvalue weighted by atomic mass is 32.1. The Balaban J connectivity index is 1.53. The average molecular weight is 430 g/mol. The van der Waals surface area contributed by atoms with E-state index in [4.69, 9.17) is 4.74 Å². The number of hydrogen-bond donors (Lipinski definition) is 2. The van der Waals surface area contributed by atoms with E-state index in [-0.39, 0.29) is 24.4 Å². The van der Waals surface area contributed by atoms with Crippen molar-refractivity contribution in [3.63, 3.8) is 0 Å². The minimum absolute atomic E-state index is 0.0620. The molecule has 1 unspecified atom stereocenters. The molecule has 1 atom stereocenters. The number of para-hydroxylation sites is 1. The molecule has 3 rings (SSSR count). The van der Waals surface area contributed by atoms with E-state index in [1.807, 2.05) is 13.0 Å². The number of benzene rings is 1. The third-order valence-corrected chi connectivity index (χ3v) is 6.44. The fraction of sp³-hybridized carbons (Fsp3) is 0.478. The lowest BCUT2D eigenvalue weighted by Gasteiger charge is -2.36. The van der Waals surface area contributed by atoms with Crippen LogP contribution in [0.3, 0.4) is 0 Å². The Labute approximate surface area is 182 Å². The summed E-state index contributed by atoms with van der Waals surface area (Å²) in [5.41, 5.74) is 0.436. The molecular formula is C23H31N3O3S. The van der Waals surface area contributed by atoms with Crippen molar-refractivity contribution in [2.24, 2.45) is 5.92 Å². The van der Waals surface area contributed by atoms with Crippen molar-refractivity contribution in [2.75, 3.05) is 32.8 Å². The van der Waals surface area contributed by atoms with Crippen LogP contribution in [0.25, 0.3) is 0 Å². The number of likely N-dealkylation sites (tertiary alicyclic amines) is 1. The Morgan fingerprint density at radius 1 is 1.17 bits per heavy atom. The first-order valence-corrected chi connectivity index (χ1v) is 11.5. The number of rotatable bonds is 9. The molecule has 2 aromatic rings. The summed E-state index contributed by atoms with van der Waals surface area (Å²) >= 11 is 1.72. The van der Waals surface area contributed by atoms with E-state index < -0.39 is 0 Å². The van der Waals surface area contributed by atoms with Gasteiger partial charge in [0.2, 0.25) is 5.91 Å². The number of thiophene rings is 1. The summed E-state index contributed by atoms with van der Waals surface area (Å²) in [6.07, 6.45) is 2.37. The van der Waals surface area contributed by atoms with E-state index in [9.17, 15) is 9.59 Å². The SMILES string of the molecule is CCOc1ccccc1C(=O)NCC(=O)NCC(c1cccs1)N1CCC(C)CC1. The van der Waals surface area contributed by atoms with E-state index in [0.29, 0.717) is 24.5 Å². The number of nitrogens with one attached hydrogen (secondary N) is 2. The molecule has 2 N–H and O–H groups in total. The molecule has 0 bridgehead atoms. The Morgan fingerprint density at radius 2 is 1.93 bits per heavy atom. The Hall–Kier alpha value is -2.38. The summed E-state index contributed by atoms with van der Waals surface area (Å²) in [7, 11) is 0. The van der Waals surface area contributed by atoms with Crippen molar-refractivity contribution in [1.82, 2.24) is 15.5 Å². The molecule has 30 heavy (non-hydrogen) atoms. The maximum Gasteiger partial charge on any atom is 0.255 e. The number of piperidine rings is 1. The van der Waals surface area contributed by atoms with Crippen LogP contribution in [0.15, 0.2) is 41.8 Å². The number of nitrogens with zero attached hydrogens (tertiary/aromatic N) is 1. The van der Waals surface area contributed by atoms with Crippen LogP contribution < -0.4 is 15.4 Å². The molecule has 0 spiro atoms. The maximum atomic E-state index is 12.5. The predicted molar refractivity (Wildman–Crippen MR) is 120 cm³/mol. The van der Waals surface area contributed by atoms with Gasteiger partial charge in [-0.2, -0.15) is 0 Å². The molecule has 2 heterocycles. The third kappa shape index (κ3) is 6.06. The summed E-state index contributed by atoms with van der Waals surface area (Å²) in [5.74, 6) is 0.780. The number of hydrogen-bond acceptors (Lipinski definition) is 5. The summed E-state index contributed by atoms with van der Waals surface area (Å²) in [4.78, 5) is 28.6. The highest BCUT2D eigenvalue weighted by molar-refractivity contribution is 7.10. The standard InChI is InChI=1S/C23H31N3O3S/c1-3-29-20-8-5-4-7-18(20)23(28)25-16-22(27)24-15-19(21-9-6-14-30-21)26-12-10-17(2)11-13-26/h4-9,14,17,19H,3,10-13,15-16H2,1-2H3,(H,24,27)(H,25,28). The monoisotopic (exact) mass is 429 g/mol. The van der Waals surface area contributed by atoms with Crippen molar-refractivity contribution in [3.05, 3.63) is 52.2 Å². The third-order valence-electron chi connectivity index (χ3n) is 5.46. The highest BCUT2D eigenvalue weighted by Gasteiger charge is 2.25. The van der Waals surface area contributed by atoms with Crippen LogP contribution in [0.1, 0.15) is 48.0 Å². The number of carbonyl (C=O) groups is 2. The quantitative estimate of drug-likeness (QED) is 0.640. The fourth-order valence-electron chi connectivity index (χ4n) is 3.70. The second-order valence-electron chi connectivity index (χ2n) is 7.67. The average Bonchev–Trinajstić information content (AvgIpc) is 3.28. The number of ether oxygens (including phenoxy) is 1. The fourth-order valence-corrected chi connectivity index (χ4v) is 4.56. The predicted octanol–water partition coefficient (Wildman–Crippen LogP) is 3.47. The van der Waals surface area contributed by atoms with Crippen LogP contribution in [0.2, 0.25) is 0 Å². The second-order valence-corrected chi connectivity index (χ2v) is 8.64. The summed E-state index contributed by atoms with van der Waals surface area (Å²) in [6, 6.07) is 11.4. The van der Waals surface area contributed by atoms with Crippen LogP contribution in [-0.2, 0) is 4.79 Å². The maximum absolute atomic E-state index is 12.5. The van der Waals surface area contributed by atoms with E-state index in [1.54, 1.807) is 29.5 Å². The smallest absolute Gasteiger partial charge is 0.255 e. The lowest BCUT2D eigenvalue weighted by atomic mass is 9.97. The van der Waals surface area contributed by atoms with Crippen molar-refractivity contribution >= 4 is 23.2 Å². The molecule has 7 heteroatoms. The van der Waals surface area contributed by atoms with Crippen LogP contribution in [-0.4, -0.2) is 49.5 Å². The molecule has 1 fully saturated rings. The molecule has 0 aliphatic carbocycles. The van der Waals surface area contributed by atoms with Crippen molar-refractivity contribution in [1.29, 1.82) is 0 Å². The summed E-state index contributed by atoms with van der Waals surface area (Å²) < 4.78 is 5.49. The van der Waals surface area contributed by atoms with E-state index >= 15 is 0 Å². The first kappa shape index (κ1) is 22.3. The second kappa shape index (κ2) is 11.1. The van der Waals surface area contributed by atoms with Crippen molar-refractivity contribution in [3.8, 4) is 5.75 Å². The molecule has 1 aliphatic heterocycles.